The van der Waals surface area contributed by atoms with Crippen molar-refractivity contribution >= 4 is 22.8 Å². The van der Waals surface area contributed by atoms with Gasteiger partial charge in [0.05, 0.1) is 16.8 Å². The van der Waals surface area contributed by atoms with E-state index in [2.05, 4.69) is 19.9 Å². The number of aromatic amines is 1. The second kappa shape index (κ2) is 8.49. The average molecular weight is 424 g/mol. The van der Waals surface area contributed by atoms with Gasteiger partial charge in [-0.05, 0) is 25.8 Å². The van der Waals surface area contributed by atoms with Crippen LogP contribution < -0.4 is 10.5 Å². The largest absolute Gasteiger partial charge is 0.347 e. The number of imidazole rings is 1. The molecule has 1 N–H and O–H groups in total. The summed E-state index contributed by atoms with van der Waals surface area (Å²) >= 11 is 0. The molecule has 9 heteroatoms. The van der Waals surface area contributed by atoms with E-state index < -0.39 is 0 Å². The highest BCUT2D eigenvalue weighted by molar-refractivity contribution is 5.79. The summed E-state index contributed by atoms with van der Waals surface area (Å²) in [4.78, 5) is 45.2. The van der Waals surface area contributed by atoms with E-state index in [-0.39, 0.29) is 23.3 Å². The van der Waals surface area contributed by atoms with E-state index in [1.807, 2.05) is 54.6 Å². The molecule has 9 nitrogen and oxygen atoms in total. The minimum Gasteiger partial charge on any atom is -0.347 e. The molecule has 1 atom stereocenters. The van der Waals surface area contributed by atoms with E-state index in [0.29, 0.717) is 36.5 Å². The molecule has 1 saturated heterocycles. The second-order valence-electron chi connectivity index (χ2n) is 8.54. The van der Waals surface area contributed by atoms with Gasteiger partial charge in [0, 0.05) is 63.9 Å². The molecular weight excluding hydrogens is 394 g/mol. The third-order valence-corrected chi connectivity index (χ3v) is 6.06. The molecule has 1 amide bonds. The average Bonchev–Trinajstić information content (AvgIpc) is 3.17. The molecule has 0 bridgehead atoms. The van der Waals surface area contributed by atoms with E-state index in [9.17, 15) is 9.59 Å². The van der Waals surface area contributed by atoms with Crippen molar-refractivity contribution in [2.45, 2.75) is 39.2 Å². The quantitative estimate of drug-likeness (QED) is 0.673. The van der Waals surface area contributed by atoms with Gasteiger partial charge in [-0.1, -0.05) is 6.92 Å². The highest BCUT2D eigenvalue weighted by Gasteiger charge is 2.28. The summed E-state index contributed by atoms with van der Waals surface area (Å²) < 4.78 is 2.01. The Hall–Kier alpha value is -3.23. The molecule has 0 aromatic carbocycles. The summed E-state index contributed by atoms with van der Waals surface area (Å²) in [6, 6.07) is 1.96. The van der Waals surface area contributed by atoms with Crippen LogP contribution in [0.1, 0.15) is 37.2 Å². The summed E-state index contributed by atoms with van der Waals surface area (Å²) in [5.74, 6) is 1.75. The van der Waals surface area contributed by atoms with E-state index in [1.165, 1.54) is 0 Å². The molecule has 4 rings (SSSR count). The third-order valence-electron chi connectivity index (χ3n) is 6.06. The standard InChI is InChI=1S/C22H29N7O2/c1-14(13-29-10-7-23-15(29)2)21(31)28-8-5-16(6-9-28)18-11-19-17(20(30)25-18)12-24-22(26-19)27(3)4/h7,10-12,14,16H,5-6,8-9,13H2,1-4H3,(H,25,30). The van der Waals surface area contributed by atoms with Crippen molar-refractivity contribution < 1.29 is 4.79 Å². The number of piperidine rings is 1. The van der Waals surface area contributed by atoms with Crippen LogP contribution in [0.4, 0.5) is 5.95 Å². The summed E-state index contributed by atoms with van der Waals surface area (Å²) in [6.45, 7) is 5.92. The minimum absolute atomic E-state index is 0.105. The Morgan fingerprint density at radius 3 is 2.68 bits per heavy atom. The van der Waals surface area contributed by atoms with Crippen LogP contribution in [0.3, 0.4) is 0 Å². The molecule has 0 radical (unpaired) electrons. The maximum Gasteiger partial charge on any atom is 0.259 e. The van der Waals surface area contributed by atoms with Gasteiger partial charge in [-0.3, -0.25) is 9.59 Å². The fraction of sp³-hybridized carbons (Fsp3) is 0.500. The number of aryl methyl sites for hydroxylation is 1. The van der Waals surface area contributed by atoms with Crippen LogP contribution in [0.25, 0.3) is 10.9 Å². The lowest BCUT2D eigenvalue weighted by Gasteiger charge is -2.33. The zero-order valence-corrected chi connectivity index (χ0v) is 18.5. The monoisotopic (exact) mass is 423 g/mol. The molecule has 1 unspecified atom stereocenters. The lowest BCUT2D eigenvalue weighted by molar-refractivity contribution is -0.136. The van der Waals surface area contributed by atoms with Gasteiger partial charge in [0.15, 0.2) is 0 Å². The fourth-order valence-electron chi connectivity index (χ4n) is 4.18. The predicted octanol–water partition coefficient (Wildman–Crippen LogP) is 1.93. The number of nitrogens with one attached hydrogen (secondary N) is 1. The lowest BCUT2D eigenvalue weighted by Crippen LogP contribution is -2.42. The van der Waals surface area contributed by atoms with Gasteiger partial charge in [-0.2, -0.15) is 0 Å². The predicted molar refractivity (Wildman–Crippen MR) is 119 cm³/mol. The number of anilines is 1. The Morgan fingerprint density at radius 1 is 1.29 bits per heavy atom. The van der Waals surface area contributed by atoms with Gasteiger partial charge in [-0.15, -0.1) is 0 Å². The fourth-order valence-corrected chi connectivity index (χ4v) is 4.18. The van der Waals surface area contributed by atoms with E-state index in [4.69, 9.17) is 0 Å². The van der Waals surface area contributed by atoms with Gasteiger partial charge in [0.25, 0.3) is 5.56 Å². The topological polar surface area (TPSA) is 100 Å². The van der Waals surface area contributed by atoms with Crippen molar-refractivity contribution in [3.8, 4) is 0 Å². The van der Waals surface area contributed by atoms with Crippen molar-refractivity contribution in [2.75, 3.05) is 32.1 Å². The van der Waals surface area contributed by atoms with Crippen molar-refractivity contribution in [2.24, 2.45) is 5.92 Å². The summed E-state index contributed by atoms with van der Waals surface area (Å²) in [7, 11) is 3.74. The highest BCUT2D eigenvalue weighted by atomic mass is 16.2. The Morgan fingerprint density at radius 2 is 2.03 bits per heavy atom. The minimum atomic E-state index is -0.166. The maximum atomic E-state index is 12.9. The van der Waals surface area contributed by atoms with Crippen LogP contribution in [0, 0.1) is 12.8 Å². The van der Waals surface area contributed by atoms with Gasteiger partial charge in [-0.25, -0.2) is 15.0 Å². The molecule has 4 heterocycles. The van der Waals surface area contributed by atoms with Crippen LogP contribution >= 0.6 is 0 Å². The van der Waals surface area contributed by atoms with Crippen LogP contribution in [0.15, 0.2) is 29.5 Å². The number of fused-ring (bicyclic) bond motifs is 1. The molecule has 3 aromatic rings. The smallest absolute Gasteiger partial charge is 0.259 e. The van der Waals surface area contributed by atoms with Crippen molar-refractivity contribution in [3.05, 3.63) is 46.5 Å². The summed E-state index contributed by atoms with van der Waals surface area (Å²) in [5.41, 5.74) is 1.37. The van der Waals surface area contributed by atoms with E-state index >= 15 is 0 Å². The van der Waals surface area contributed by atoms with Gasteiger partial charge in [0.2, 0.25) is 11.9 Å². The number of hydrogen-bond donors (Lipinski definition) is 1. The number of likely N-dealkylation sites (tertiary alicyclic amines) is 1. The summed E-state index contributed by atoms with van der Waals surface area (Å²) in [6.07, 6.45) is 6.87. The second-order valence-corrected chi connectivity index (χ2v) is 8.54. The zero-order chi connectivity index (χ0) is 22.1. The van der Waals surface area contributed by atoms with Gasteiger partial charge < -0.3 is 19.4 Å². The first-order chi connectivity index (χ1) is 14.8. The molecule has 1 aliphatic rings. The van der Waals surface area contributed by atoms with Crippen LogP contribution in [-0.4, -0.2) is 62.5 Å². The normalized spacial score (nSPS) is 15.9. The number of pyridine rings is 1. The molecule has 0 saturated carbocycles. The van der Waals surface area contributed by atoms with Crippen molar-refractivity contribution in [1.82, 2.24) is 29.4 Å². The number of hydrogen-bond acceptors (Lipinski definition) is 6. The first-order valence-electron chi connectivity index (χ1n) is 10.7. The van der Waals surface area contributed by atoms with Crippen LogP contribution in [0.2, 0.25) is 0 Å². The van der Waals surface area contributed by atoms with Gasteiger partial charge in [0.1, 0.15) is 5.82 Å². The van der Waals surface area contributed by atoms with E-state index in [1.54, 1.807) is 12.4 Å². The first-order valence-corrected chi connectivity index (χ1v) is 10.7. The molecule has 1 aliphatic heterocycles. The highest BCUT2D eigenvalue weighted by Crippen LogP contribution is 2.28. The molecule has 164 valence electrons. The molecule has 3 aromatic heterocycles. The lowest BCUT2D eigenvalue weighted by atomic mass is 9.92. The number of aromatic nitrogens is 5. The molecule has 1 fully saturated rings. The number of carbonyl (C=O) groups excluding carboxylic acids is 1. The van der Waals surface area contributed by atoms with Gasteiger partial charge >= 0.3 is 0 Å². The zero-order valence-electron chi connectivity index (χ0n) is 18.5. The molecular formula is C22H29N7O2. The number of rotatable bonds is 5. The number of carbonyl (C=O) groups is 1. The Bertz CT molecular complexity index is 1140. The Kier molecular flexibility index (Phi) is 5.75. The van der Waals surface area contributed by atoms with Crippen LogP contribution in [-0.2, 0) is 11.3 Å². The third kappa shape index (κ3) is 4.30. The van der Waals surface area contributed by atoms with Crippen molar-refractivity contribution in [3.63, 3.8) is 0 Å². The van der Waals surface area contributed by atoms with E-state index in [0.717, 1.165) is 24.4 Å². The number of nitrogens with zero attached hydrogens (tertiary/aromatic N) is 6. The van der Waals surface area contributed by atoms with Crippen molar-refractivity contribution in [1.29, 1.82) is 0 Å². The number of H-pyrrole nitrogens is 1. The Balaban J connectivity index is 1.44. The van der Waals surface area contributed by atoms with Crippen LogP contribution in [0.5, 0.6) is 0 Å². The number of amides is 1. The Labute approximate surface area is 181 Å². The first kappa shape index (κ1) is 21.0. The summed E-state index contributed by atoms with van der Waals surface area (Å²) in [5, 5.41) is 0.491. The SMILES string of the molecule is Cc1nccn1CC(C)C(=O)N1CCC(c2cc3nc(N(C)C)ncc3c(=O)[nH]2)CC1. The maximum absolute atomic E-state index is 12.9. The molecule has 0 spiro atoms. The molecule has 0 aliphatic carbocycles. The molecule has 31 heavy (non-hydrogen) atoms.